The average Bonchev–Trinajstić information content (AvgIpc) is 2.05. The molecule has 0 radical (unpaired) electrons. The van der Waals surface area contributed by atoms with E-state index in [1.54, 1.807) is 0 Å². The lowest BCUT2D eigenvalue weighted by Crippen LogP contribution is -2.28. The predicted molar refractivity (Wildman–Crippen MR) is 36.9 cm³/mol. The molecule has 1 rings (SSSR count). The summed E-state index contributed by atoms with van der Waals surface area (Å²) in [7, 11) is -3.48. The van der Waals surface area contributed by atoms with Gasteiger partial charge in [-0.2, -0.15) is 4.67 Å². The van der Waals surface area contributed by atoms with Crippen molar-refractivity contribution in [3.05, 3.63) is 0 Å². The number of carbonyl (C=O) groups excluding carboxylic acids is 2. The molecule has 0 saturated carbocycles. The van der Waals surface area contributed by atoms with Gasteiger partial charge in [0.15, 0.2) is 0 Å². The zero-order valence-corrected chi connectivity index (χ0v) is 7.06. The summed E-state index contributed by atoms with van der Waals surface area (Å²) in [4.78, 5) is 39.7. The Morgan fingerprint density at radius 1 is 1.42 bits per heavy atom. The fourth-order valence-corrected chi connectivity index (χ4v) is 1.59. The highest BCUT2D eigenvalue weighted by atomic mass is 31.2. The van der Waals surface area contributed by atoms with Gasteiger partial charge in [-0.15, -0.1) is 0 Å². The molecule has 1 saturated heterocycles. The number of rotatable bonds is 1. The molecule has 1 fully saturated rings. The van der Waals surface area contributed by atoms with Crippen molar-refractivity contribution in [2.75, 3.05) is 13.6 Å². The quantitative estimate of drug-likeness (QED) is 0.411. The number of carbonyl (C=O) groups is 2. The molecule has 12 heavy (non-hydrogen) atoms. The van der Waals surface area contributed by atoms with Gasteiger partial charge in [0.25, 0.3) is 5.91 Å². The van der Waals surface area contributed by atoms with Crippen molar-refractivity contribution in [2.45, 2.75) is 0 Å². The molecule has 0 aromatic heterocycles. The Balaban J connectivity index is 3.00. The molecule has 3 amide bonds. The van der Waals surface area contributed by atoms with Crippen LogP contribution < -0.4 is 0 Å². The van der Waals surface area contributed by atoms with Gasteiger partial charge in [-0.05, 0) is 0 Å². The van der Waals surface area contributed by atoms with Gasteiger partial charge in [0, 0.05) is 7.05 Å². The third-order valence-electron chi connectivity index (χ3n) is 1.38. The third-order valence-corrected chi connectivity index (χ3v) is 2.29. The Bertz CT molecular complexity index is 283. The molecule has 1 heterocycles. The van der Waals surface area contributed by atoms with E-state index >= 15 is 0 Å². The monoisotopic (exact) mass is 194 g/mol. The summed E-state index contributed by atoms with van der Waals surface area (Å²) in [6.07, 6.45) is 0. The van der Waals surface area contributed by atoms with E-state index in [-0.39, 0.29) is 11.2 Å². The number of hydrogen-bond acceptors (Lipinski definition) is 3. The van der Waals surface area contributed by atoms with Crippen molar-refractivity contribution in [3.8, 4) is 0 Å². The molecule has 0 unspecified atom stereocenters. The van der Waals surface area contributed by atoms with Crippen LogP contribution in [0, 0.1) is 0 Å². The number of imide groups is 1. The van der Waals surface area contributed by atoms with Crippen molar-refractivity contribution in [2.24, 2.45) is 0 Å². The molecule has 0 aromatic rings. The predicted octanol–water partition coefficient (Wildman–Crippen LogP) is -1.03. The minimum Gasteiger partial charge on any atom is -0.318 e. The molecule has 0 aliphatic carbocycles. The minimum atomic E-state index is -4.77. The summed E-state index contributed by atoms with van der Waals surface area (Å²) in [5.74, 6) is -0.879. The van der Waals surface area contributed by atoms with Crippen molar-refractivity contribution >= 4 is 19.7 Å². The smallest absolute Gasteiger partial charge is 0.318 e. The number of amides is 3. The molecule has 1 aliphatic rings. The van der Waals surface area contributed by atoms with E-state index in [1.807, 2.05) is 0 Å². The van der Waals surface area contributed by atoms with E-state index in [9.17, 15) is 14.2 Å². The first-order valence-electron chi connectivity index (χ1n) is 2.98. The lowest BCUT2D eigenvalue weighted by atomic mass is 10.6. The number of urea groups is 1. The minimum absolute atomic E-state index is 0.0347. The standard InChI is InChI=1S/C4H7N2O5P/c1-5-2-3(7)6(4(5)8)12(9,10)11/h2H2,1H3,(H2,9,10,11). The normalized spacial score (nSPS) is 19.2. The van der Waals surface area contributed by atoms with Crippen molar-refractivity contribution in [1.29, 1.82) is 0 Å². The topological polar surface area (TPSA) is 98.2 Å². The molecular formula is C4H7N2O5P. The Morgan fingerprint density at radius 2 is 1.92 bits per heavy atom. The third kappa shape index (κ3) is 1.34. The Kier molecular flexibility index (Phi) is 1.95. The maximum Gasteiger partial charge on any atom is 0.440 e. The fourth-order valence-electron chi connectivity index (χ4n) is 0.863. The summed E-state index contributed by atoms with van der Waals surface area (Å²) in [5.41, 5.74) is 0. The number of nitrogens with zero attached hydrogens (tertiary/aromatic N) is 2. The first kappa shape index (κ1) is 9.18. The molecule has 0 bridgehead atoms. The molecule has 0 spiro atoms. The van der Waals surface area contributed by atoms with Crippen LogP contribution >= 0.6 is 7.75 Å². The maximum atomic E-state index is 10.9. The lowest BCUT2D eigenvalue weighted by molar-refractivity contribution is -0.122. The van der Waals surface area contributed by atoms with E-state index in [0.717, 1.165) is 4.90 Å². The molecular weight excluding hydrogens is 187 g/mol. The van der Waals surface area contributed by atoms with Crippen LogP contribution in [0.5, 0.6) is 0 Å². The van der Waals surface area contributed by atoms with Crippen molar-refractivity contribution < 1.29 is 23.9 Å². The van der Waals surface area contributed by atoms with Crippen LogP contribution in [-0.4, -0.2) is 44.9 Å². The second-order valence-corrected chi connectivity index (χ2v) is 3.78. The van der Waals surface area contributed by atoms with Gasteiger partial charge in [0.2, 0.25) is 0 Å². The largest absolute Gasteiger partial charge is 0.440 e. The van der Waals surface area contributed by atoms with Crippen molar-refractivity contribution in [3.63, 3.8) is 0 Å². The fraction of sp³-hybridized carbons (Fsp3) is 0.500. The van der Waals surface area contributed by atoms with Crippen LogP contribution in [0.3, 0.4) is 0 Å². The zero-order valence-electron chi connectivity index (χ0n) is 6.17. The summed E-state index contributed by atoms with van der Waals surface area (Å²) in [6.45, 7) is -0.288. The number of hydrogen-bond donors (Lipinski definition) is 2. The van der Waals surface area contributed by atoms with Crippen LogP contribution in [0.25, 0.3) is 0 Å². The van der Waals surface area contributed by atoms with E-state index in [2.05, 4.69) is 0 Å². The highest BCUT2D eigenvalue weighted by molar-refractivity contribution is 7.50. The molecule has 0 aromatic carbocycles. The Hall–Kier alpha value is -0.910. The summed E-state index contributed by atoms with van der Waals surface area (Å²) in [5, 5.41) is 0. The number of likely N-dealkylation sites (N-methyl/N-ethyl adjacent to an activating group) is 1. The van der Waals surface area contributed by atoms with E-state index in [4.69, 9.17) is 9.79 Å². The van der Waals surface area contributed by atoms with Crippen LogP contribution in [0.2, 0.25) is 0 Å². The second kappa shape index (κ2) is 2.55. The molecule has 68 valence electrons. The van der Waals surface area contributed by atoms with Gasteiger partial charge >= 0.3 is 13.8 Å². The van der Waals surface area contributed by atoms with Crippen LogP contribution in [0.1, 0.15) is 0 Å². The summed E-state index contributed by atoms with van der Waals surface area (Å²) < 4.78 is 10.5. The summed E-state index contributed by atoms with van der Waals surface area (Å²) in [6, 6.07) is -0.965. The van der Waals surface area contributed by atoms with Gasteiger partial charge in [-0.1, -0.05) is 0 Å². The maximum absolute atomic E-state index is 10.9. The first-order valence-corrected chi connectivity index (χ1v) is 4.54. The second-order valence-electron chi connectivity index (χ2n) is 2.36. The van der Waals surface area contributed by atoms with E-state index in [1.165, 1.54) is 7.05 Å². The average molecular weight is 194 g/mol. The van der Waals surface area contributed by atoms with Crippen molar-refractivity contribution in [1.82, 2.24) is 9.57 Å². The van der Waals surface area contributed by atoms with E-state index in [0.29, 0.717) is 0 Å². The zero-order chi connectivity index (χ0) is 9.52. The molecule has 0 atom stereocenters. The lowest BCUT2D eigenvalue weighted by Gasteiger charge is -2.14. The highest BCUT2D eigenvalue weighted by Gasteiger charge is 2.44. The van der Waals surface area contributed by atoms with Gasteiger partial charge in [-0.3, -0.25) is 4.79 Å². The van der Waals surface area contributed by atoms with E-state index < -0.39 is 19.7 Å². The first-order chi connectivity index (χ1) is 5.34. The van der Waals surface area contributed by atoms with Gasteiger partial charge in [0.05, 0.1) is 0 Å². The Labute approximate surface area is 67.8 Å². The van der Waals surface area contributed by atoms with Gasteiger partial charge in [0.1, 0.15) is 6.54 Å². The van der Waals surface area contributed by atoms with Gasteiger partial charge < -0.3 is 14.7 Å². The Morgan fingerprint density at radius 3 is 2.08 bits per heavy atom. The van der Waals surface area contributed by atoms with Crippen LogP contribution in [0.4, 0.5) is 4.79 Å². The summed E-state index contributed by atoms with van der Waals surface area (Å²) >= 11 is 0. The molecule has 2 N–H and O–H groups in total. The van der Waals surface area contributed by atoms with Crippen LogP contribution in [0.15, 0.2) is 0 Å². The molecule has 7 nitrogen and oxygen atoms in total. The highest BCUT2D eigenvalue weighted by Crippen LogP contribution is 2.42. The molecule has 8 heteroatoms. The van der Waals surface area contributed by atoms with Gasteiger partial charge in [-0.25, -0.2) is 9.36 Å². The van der Waals surface area contributed by atoms with Crippen LogP contribution in [-0.2, 0) is 9.36 Å². The SMILES string of the molecule is CN1CC(=O)N(P(=O)(O)O)C1=O. The molecule has 1 aliphatic heterocycles.